The summed E-state index contributed by atoms with van der Waals surface area (Å²) in [7, 11) is 0. The standard InChI is InChI=1S/C30H38N2O3.BrH/c1-23(2)30-31(17-18-32(30)22-24-11-6-5-7-12-24)19-20-35-28(33)21-26-15-10-16-27(29(26)34)25-13-8-3-4-9-14-25;/h5-7,10-12,15-18,23,25H,3-4,8-9,13-14,19-22H2,1-2H3;1H. The normalized spacial score (nSPS) is 14.3. The molecule has 1 N–H and O–H groups in total. The third-order valence-corrected chi connectivity index (χ3v) is 7.10. The molecule has 36 heavy (non-hydrogen) atoms. The van der Waals surface area contributed by atoms with Gasteiger partial charge < -0.3 is 26.8 Å². The van der Waals surface area contributed by atoms with Crippen LogP contribution in [0.15, 0.2) is 60.9 Å². The van der Waals surface area contributed by atoms with Gasteiger partial charge in [0.05, 0.1) is 12.3 Å². The largest absolute Gasteiger partial charge is 1.00 e. The van der Waals surface area contributed by atoms with Gasteiger partial charge >= 0.3 is 5.97 Å². The minimum Gasteiger partial charge on any atom is -1.00 e. The lowest BCUT2D eigenvalue weighted by Gasteiger charge is -2.18. The molecule has 0 unspecified atom stereocenters. The predicted octanol–water partition coefficient (Wildman–Crippen LogP) is 2.88. The molecule has 1 fully saturated rings. The second-order valence-electron chi connectivity index (χ2n) is 10.1. The molecule has 0 aliphatic heterocycles. The van der Waals surface area contributed by atoms with E-state index in [0.29, 0.717) is 30.6 Å². The number of phenols is 1. The van der Waals surface area contributed by atoms with Crippen molar-refractivity contribution >= 4 is 5.97 Å². The highest BCUT2D eigenvalue weighted by Crippen LogP contribution is 2.37. The van der Waals surface area contributed by atoms with E-state index in [-0.39, 0.29) is 35.1 Å². The summed E-state index contributed by atoms with van der Waals surface area (Å²) in [5, 5.41) is 10.9. The Morgan fingerprint density at radius 2 is 1.78 bits per heavy atom. The number of para-hydroxylation sites is 1. The molecular formula is C30H39BrN2O3. The minimum atomic E-state index is -0.297. The van der Waals surface area contributed by atoms with Crippen LogP contribution in [-0.2, 0) is 29.0 Å². The number of esters is 1. The van der Waals surface area contributed by atoms with Gasteiger partial charge in [0.1, 0.15) is 37.8 Å². The molecule has 0 atom stereocenters. The molecule has 2 aromatic carbocycles. The maximum Gasteiger partial charge on any atom is 0.310 e. The Hall–Kier alpha value is -2.60. The van der Waals surface area contributed by atoms with Crippen LogP contribution in [0.3, 0.4) is 0 Å². The summed E-state index contributed by atoms with van der Waals surface area (Å²) in [5.74, 6) is 1.92. The molecule has 1 aliphatic rings. The first-order chi connectivity index (χ1) is 17.0. The number of imidazole rings is 1. The lowest BCUT2D eigenvalue weighted by atomic mass is 9.89. The summed E-state index contributed by atoms with van der Waals surface area (Å²) >= 11 is 0. The SMILES string of the molecule is CC(C)c1n(CCOC(=O)Cc2cccc(C3CCCCCC3)c2O)cc[n+]1Cc1ccccc1.[Br-]. The van der Waals surface area contributed by atoms with Crippen LogP contribution in [0.5, 0.6) is 5.75 Å². The number of hydrogen-bond acceptors (Lipinski definition) is 3. The third-order valence-electron chi connectivity index (χ3n) is 7.10. The molecule has 0 saturated heterocycles. The van der Waals surface area contributed by atoms with E-state index in [9.17, 15) is 9.90 Å². The molecule has 0 radical (unpaired) electrons. The van der Waals surface area contributed by atoms with Crippen LogP contribution in [0, 0.1) is 0 Å². The average Bonchev–Trinajstić information content (AvgIpc) is 3.05. The highest BCUT2D eigenvalue weighted by Gasteiger charge is 2.22. The highest BCUT2D eigenvalue weighted by molar-refractivity contribution is 5.73. The summed E-state index contributed by atoms with van der Waals surface area (Å²) in [6, 6.07) is 16.2. The Morgan fingerprint density at radius 1 is 1.06 bits per heavy atom. The Labute approximate surface area is 225 Å². The van der Waals surface area contributed by atoms with E-state index >= 15 is 0 Å². The van der Waals surface area contributed by atoms with Crippen molar-refractivity contribution < 1.29 is 36.2 Å². The summed E-state index contributed by atoms with van der Waals surface area (Å²) in [6.07, 6.45) is 11.4. The molecule has 5 nitrogen and oxygen atoms in total. The zero-order valence-corrected chi connectivity index (χ0v) is 23.1. The number of hydrogen-bond donors (Lipinski definition) is 1. The van der Waals surface area contributed by atoms with Gasteiger partial charge in [0, 0.05) is 5.56 Å². The highest BCUT2D eigenvalue weighted by atomic mass is 79.9. The molecule has 194 valence electrons. The van der Waals surface area contributed by atoms with Crippen molar-refractivity contribution in [2.45, 2.75) is 83.7 Å². The fourth-order valence-corrected chi connectivity index (χ4v) is 5.38. The Kier molecular flexibility index (Phi) is 10.6. The zero-order chi connectivity index (χ0) is 24.6. The molecule has 1 saturated carbocycles. The zero-order valence-electron chi connectivity index (χ0n) is 21.5. The summed E-state index contributed by atoms with van der Waals surface area (Å²) < 4.78 is 10.0. The van der Waals surface area contributed by atoms with Gasteiger partial charge in [-0.1, -0.05) is 88.1 Å². The average molecular weight is 556 g/mol. The Balaban J connectivity index is 0.00000361. The summed E-state index contributed by atoms with van der Waals surface area (Å²) in [5.41, 5.74) is 2.92. The molecule has 4 rings (SSSR count). The molecule has 1 aliphatic carbocycles. The van der Waals surface area contributed by atoms with E-state index in [1.165, 1.54) is 37.1 Å². The molecule has 1 heterocycles. The van der Waals surface area contributed by atoms with Crippen LogP contribution in [0.25, 0.3) is 0 Å². The van der Waals surface area contributed by atoms with Crippen molar-refractivity contribution in [3.8, 4) is 5.75 Å². The van der Waals surface area contributed by atoms with Gasteiger partial charge in [0.25, 0.3) is 5.82 Å². The van der Waals surface area contributed by atoms with Crippen LogP contribution in [0.1, 0.15) is 86.7 Å². The minimum absolute atomic E-state index is 0. The number of halogens is 1. The van der Waals surface area contributed by atoms with Gasteiger partial charge in [-0.05, 0) is 29.9 Å². The maximum absolute atomic E-state index is 12.6. The lowest BCUT2D eigenvalue weighted by molar-refractivity contribution is -0.696. The number of benzene rings is 2. The first-order valence-corrected chi connectivity index (χ1v) is 13.1. The molecule has 3 aromatic rings. The van der Waals surface area contributed by atoms with E-state index < -0.39 is 0 Å². The fourth-order valence-electron chi connectivity index (χ4n) is 5.38. The Morgan fingerprint density at radius 3 is 2.47 bits per heavy atom. The third kappa shape index (κ3) is 7.22. The molecule has 0 spiro atoms. The number of rotatable bonds is 9. The van der Waals surface area contributed by atoms with Crippen molar-refractivity contribution in [3.05, 3.63) is 83.4 Å². The second-order valence-corrected chi connectivity index (χ2v) is 10.1. The molecular weight excluding hydrogens is 516 g/mol. The quantitative estimate of drug-likeness (QED) is 0.251. The number of carbonyl (C=O) groups excluding carboxylic acids is 1. The van der Waals surface area contributed by atoms with Gasteiger partial charge in [-0.3, -0.25) is 4.79 Å². The van der Waals surface area contributed by atoms with Crippen LogP contribution >= 0.6 is 0 Å². The monoisotopic (exact) mass is 554 g/mol. The van der Waals surface area contributed by atoms with Gasteiger partial charge in [0.15, 0.2) is 0 Å². The van der Waals surface area contributed by atoms with E-state index in [1.807, 2.05) is 24.3 Å². The first-order valence-electron chi connectivity index (χ1n) is 13.1. The van der Waals surface area contributed by atoms with E-state index in [2.05, 4.69) is 59.6 Å². The summed E-state index contributed by atoms with van der Waals surface area (Å²) in [4.78, 5) is 12.6. The lowest BCUT2D eigenvalue weighted by Crippen LogP contribution is -3.00. The van der Waals surface area contributed by atoms with Crippen molar-refractivity contribution in [1.82, 2.24) is 4.57 Å². The van der Waals surface area contributed by atoms with Crippen molar-refractivity contribution in [2.75, 3.05) is 6.61 Å². The van der Waals surface area contributed by atoms with Crippen LogP contribution in [-0.4, -0.2) is 22.2 Å². The van der Waals surface area contributed by atoms with E-state index in [0.717, 1.165) is 24.9 Å². The number of nitrogens with zero attached hydrogens (tertiary/aromatic N) is 2. The number of aromatic nitrogens is 2. The fraction of sp³-hybridized carbons (Fsp3) is 0.467. The smallest absolute Gasteiger partial charge is 0.310 e. The van der Waals surface area contributed by atoms with Crippen molar-refractivity contribution in [2.24, 2.45) is 0 Å². The van der Waals surface area contributed by atoms with E-state index in [4.69, 9.17) is 4.74 Å². The van der Waals surface area contributed by atoms with Crippen molar-refractivity contribution in [3.63, 3.8) is 0 Å². The molecule has 6 heteroatoms. The Bertz CT molecular complexity index is 1100. The van der Waals surface area contributed by atoms with Gasteiger partial charge in [-0.25, -0.2) is 9.13 Å². The molecule has 0 amide bonds. The van der Waals surface area contributed by atoms with Crippen molar-refractivity contribution in [1.29, 1.82) is 0 Å². The van der Waals surface area contributed by atoms with Crippen LogP contribution in [0.2, 0.25) is 0 Å². The maximum atomic E-state index is 12.6. The van der Waals surface area contributed by atoms with Crippen LogP contribution in [0.4, 0.5) is 0 Å². The number of carbonyl (C=O) groups is 1. The predicted molar refractivity (Wildman–Crippen MR) is 137 cm³/mol. The molecule has 0 bridgehead atoms. The van der Waals surface area contributed by atoms with Gasteiger partial charge in [-0.15, -0.1) is 0 Å². The number of phenolic OH excluding ortho intramolecular Hbond substituents is 1. The number of ether oxygens (including phenoxy) is 1. The van der Waals surface area contributed by atoms with Gasteiger partial charge in [0.2, 0.25) is 0 Å². The second kappa shape index (κ2) is 13.6. The molecule has 1 aromatic heterocycles. The summed E-state index contributed by atoms with van der Waals surface area (Å²) in [6.45, 7) is 6.10. The first kappa shape index (κ1) is 28.0. The van der Waals surface area contributed by atoms with Gasteiger partial charge in [-0.2, -0.15) is 0 Å². The topological polar surface area (TPSA) is 55.3 Å². The van der Waals surface area contributed by atoms with E-state index in [1.54, 1.807) is 0 Å². The number of aromatic hydroxyl groups is 1. The van der Waals surface area contributed by atoms with Crippen LogP contribution < -0.4 is 21.5 Å².